The molecule has 1 aliphatic rings. The van der Waals surface area contributed by atoms with Gasteiger partial charge in [-0.1, -0.05) is 42.5 Å². The lowest BCUT2D eigenvalue weighted by atomic mass is 10.1. The van der Waals surface area contributed by atoms with Crippen molar-refractivity contribution in [2.24, 2.45) is 0 Å². The number of ether oxygens (including phenoxy) is 1. The van der Waals surface area contributed by atoms with Crippen LogP contribution in [0, 0.1) is 5.82 Å². The summed E-state index contributed by atoms with van der Waals surface area (Å²) < 4.78 is 19.1. The Morgan fingerprint density at radius 3 is 2.89 bits per heavy atom. The van der Waals surface area contributed by atoms with Crippen molar-refractivity contribution in [3.05, 3.63) is 77.1 Å². The largest absolute Gasteiger partial charge is 0.376 e. The highest BCUT2D eigenvalue weighted by molar-refractivity contribution is 5.91. The average molecular weight is 368 g/mol. The van der Waals surface area contributed by atoms with Gasteiger partial charge in [0.05, 0.1) is 12.7 Å². The molecule has 0 saturated carbocycles. The third-order valence-electron chi connectivity index (χ3n) is 4.51. The van der Waals surface area contributed by atoms with Crippen molar-refractivity contribution in [1.29, 1.82) is 0 Å². The molecule has 1 fully saturated rings. The van der Waals surface area contributed by atoms with Crippen molar-refractivity contribution in [2.45, 2.75) is 26.1 Å². The predicted molar refractivity (Wildman–Crippen MR) is 104 cm³/mol. The Morgan fingerprint density at radius 2 is 2.07 bits per heavy atom. The maximum absolute atomic E-state index is 13.6. The van der Waals surface area contributed by atoms with E-state index in [0.29, 0.717) is 12.1 Å². The number of hydrogen-bond donors (Lipinski definition) is 1. The van der Waals surface area contributed by atoms with Gasteiger partial charge in [-0.3, -0.25) is 9.69 Å². The van der Waals surface area contributed by atoms with Gasteiger partial charge in [-0.25, -0.2) is 4.39 Å². The van der Waals surface area contributed by atoms with E-state index in [1.807, 2.05) is 12.1 Å². The number of halogens is 1. The highest BCUT2D eigenvalue weighted by Gasteiger charge is 2.16. The van der Waals surface area contributed by atoms with Crippen LogP contribution in [0.3, 0.4) is 0 Å². The number of hydrogen-bond acceptors (Lipinski definition) is 3. The molecule has 27 heavy (non-hydrogen) atoms. The number of benzene rings is 2. The zero-order valence-electron chi connectivity index (χ0n) is 15.5. The highest BCUT2D eigenvalue weighted by Crippen LogP contribution is 2.12. The lowest BCUT2D eigenvalue weighted by molar-refractivity contribution is -0.116. The third-order valence-corrected chi connectivity index (χ3v) is 4.51. The molecule has 0 radical (unpaired) electrons. The fourth-order valence-corrected chi connectivity index (χ4v) is 3.15. The topological polar surface area (TPSA) is 41.6 Å². The lowest BCUT2D eigenvalue weighted by Crippen LogP contribution is -2.40. The Balaban J connectivity index is 1.52. The average Bonchev–Trinajstić information content (AvgIpc) is 2.66. The molecule has 1 amide bonds. The minimum absolute atomic E-state index is 0.245. The van der Waals surface area contributed by atoms with E-state index in [0.717, 1.165) is 31.8 Å². The molecule has 0 bridgehead atoms. The zero-order chi connectivity index (χ0) is 19.1. The summed E-state index contributed by atoms with van der Waals surface area (Å²) in [5, 5.41) is 2.84. The van der Waals surface area contributed by atoms with E-state index in [4.69, 9.17) is 4.74 Å². The summed E-state index contributed by atoms with van der Waals surface area (Å²) in [5.74, 6) is -0.586. The zero-order valence-corrected chi connectivity index (χ0v) is 15.5. The van der Waals surface area contributed by atoms with E-state index in [2.05, 4.69) is 29.3 Å². The number of nitrogens with one attached hydrogen (secondary N) is 1. The molecule has 2 aromatic rings. The van der Waals surface area contributed by atoms with Gasteiger partial charge in [0.1, 0.15) is 5.82 Å². The molecule has 1 atom stereocenters. The van der Waals surface area contributed by atoms with E-state index < -0.39 is 0 Å². The SMILES string of the molecule is CC1CN(Cc2cccc(CNC(=O)/C=C/c3ccccc3F)c2)CCO1. The maximum atomic E-state index is 13.6. The summed E-state index contributed by atoms with van der Waals surface area (Å²) in [5.41, 5.74) is 2.66. The fourth-order valence-electron chi connectivity index (χ4n) is 3.15. The maximum Gasteiger partial charge on any atom is 0.244 e. The van der Waals surface area contributed by atoms with Crippen molar-refractivity contribution in [2.75, 3.05) is 19.7 Å². The summed E-state index contributed by atoms with van der Waals surface area (Å²) in [6.07, 6.45) is 3.11. The summed E-state index contributed by atoms with van der Waals surface area (Å²) in [4.78, 5) is 14.4. The van der Waals surface area contributed by atoms with Gasteiger partial charge in [0.15, 0.2) is 0 Å². The van der Waals surface area contributed by atoms with Crippen LogP contribution in [0.15, 0.2) is 54.6 Å². The quantitative estimate of drug-likeness (QED) is 0.795. The van der Waals surface area contributed by atoms with E-state index >= 15 is 0 Å². The van der Waals surface area contributed by atoms with Gasteiger partial charge in [-0.2, -0.15) is 0 Å². The molecule has 142 valence electrons. The van der Waals surface area contributed by atoms with Crippen molar-refractivity contribution in [1.82, 2.24) is 10.2 Å². The molecule has 4 nitrogen and oxygen atoms in total. The number of amides is 1. The van der Waals surface area contributed by atoms with Gasteiger partial charge in [-0.15, -0.1) is 0 Å². The first-order valence-electron chi connectivity index (χ1n) is 9.22. The summed E-state index contributed by atoms with van der Waals surface area (Å²) in [7, 11) is 0. The van der Waals surface area contributed by atoms with E-state index in [9.17, 15) is 9.18 Å². The first-order chi connectivity index (χ1) is 13.1. The summed E-state index contributed by atoms with van der Waals surface area (Å²) >= 11 is 0. The number of rotatable bonds is 6. The molecule has 3 rings (SSSR count). The van der Waals surface area contributed by atoms with Gasteiger partial charge in [0.2, 0.25) is 5.91 Å². The van der Waals surface area contributed by atoms with Crippen LogP contribution in [0.25, 0.3) is 6.08 Å². The third kappa shape index (κ3) is 6.01. The van der Waals surface area contributed by atoms with Gasteiger partial charge in [0.25, 0.3) is 0 Å². The van der Waals surface area contributed by atoms with Crippen molar-refractivity contribution in [3.63, 3.8) is 0 Å². The first kappa shape index (κ1) is 19.3. The number of carbonyl (C=O) groups is 1. The van der Waals surface area contributed by atoms with Crippen LogP contribution in [0.4, 0.5) is 4.39 Å². The monoisotopic (exact) mass is 368 g/mol. The Morgan fingerprint density at radius 1 is 1.26 bits per heavy atom. The molecule has 0 aromatic heterocycles. The molecule has 2 aromatic carbocycles. The fraction of sp³-hybridized carbons (Fsp3) is 0.318. The van der Waals surface area contributed by atoms with Crippen molar-refractivity contribution in [3.8, 4) is 0 Å². The summed E-state index contributed by atoms with van der Waals surface area (Å²) in [6.45, 7) is 6.04. The minimum Gasteiger partial charge on any atom is -0.376 e. The Labute approximate surface area is 159 Å². The Kier molecular flexibility index (Phi) is 6.74. The summed E-state index contributed by atoms with van der Waals surface area (Å²) in [6, 6.07) is 14.6. The molecule has 1 aliphatic heterocycles. The van der Waals surface area contributed by atoms with Gasteiger partial charge >= 0.3 is 0 Å². The van der Waals surface area contributed by atoms with Crippen LogP contribution < -0.4 is 5.32 Å². The second-order valence-corrected chi connectivity index (χ2v) is 6.81. The molecule has 1 N–H and O–H groups in total. The van der Waals surface area contributed by atoms with Gasteiger partial charge < -0.3 is 10.1 Å². The van der Waals surface area contributed by atoms with Gasteiger partial charge in [-0.05, 0) is 30.2 Å². The molecular formula is C22H25FN2O2. The van der Waals surface area contributed by atoms with Crippen LogP contribution >= 0.6 is 0 Å². The second-order valence-electron chi connectivity index (χ2n) is 6.81. The molecule has 1 heterocycles. The van der Waals surface area contributed by atoms with E-state index in [1.165, 1.54) is 23.8 Å². The van der Waals surface area contributed by atoms with Crippen LogP contribution in [0.2, 0.25) is 0 Å². The predicted octanol–water partition coefficient (Wildman–Crippen LogP) is 3.38. The Bertz CT molecular complexity index is 806. The Hall–Kier alpha value is -2.50. The normalized spacial score (nSPS) is 17.9. The molecular weight excluding hydrogens is 343 g/mol. The van der Waals surface area contributed by atoms with Crippen LogP contribution in [0.1, 0.15) is 23.6 Å². The minimum atomic E-state index is -0.341. The number of nitrogens with zero attached hydrogens (tertiary/aromatic N) is 1. The number of morpholine rings is 1. The van der Waals surface area contributed by atoms with E-state index in [-0.39, 0.29) is 17.8 Å². The van der Waals surface area contributed by atoms with Crippen LogP contribution in [-0.2, 0) is 22.6 Å². The van der Waals surface area contributed by atoms with Crippen molar-refractivity contribution >= 4 is 12.0 Å². The number of carbonyl (C=O) groups excluding carboxylic acids is 1. The highest BCUT2D eigenvalue weighted by atomic mass is 19.1. The molecule has 1 saturated heterocycles. The van der Waals surface area contributed by atoms with Gasteiger partial charge in [0, 0.05) is 37.8 Å². The molecule has 0 aliphatic carbocycles. The lowest BCUT2D eigenvalue weighted by Gasteiger charge is -2.31. The van der Waals surface area contributed by atoms with E-state index in [1.54, 1.807) is 18.2 Å². The van der Waals surface area contributed by atoms with Crippen LogP contribution in [-0.4, -0.2) is 36.6 Å². The standard InChI is InChI=1S/C22H25FN2O2/c1-17-15-25(11-12-27-17)16-19-6-4-5-18(13-19)14-24-22(26)10-9-20-7-2-3-8-21(20)23/h2-10,13,17H,11-12,14-16H2,1H3,(H,24,26)/b10-9+. The molecule has 1 unspecified atom stereocenters. The van der Waals surface area contributed by atoms with Crippen LogP contribution in [0.5, 0.6) is 0 Å². The first-order valence-corrected chi connectivity index (χ1v) is 9.22. The second kappa shape index (κ2) is 9.44. The molecule has 0 spiro atoms. The smallest absolute Gasteiger partial charge is 0.244 e. The molecule has 5 heteroatoms. The van der Waals surface area contributed by atoms with Crippen molar-refractivity contribution < 1.29 is 13.9 Å².